The van der Waals surface area contributed by atoms with Crippen LogP contribution >= 0.6 is 0 Å². The molecule has 2 rings (SSSR count). The number of hydrogen-bond donors (Lipinski definition) is 1. The quantitative estimate of drug-likeness (QED) is 0.643. The highest BCUT2D eigenvalue weighted by molar-refractivity contribution is 5.78. The van der Waals surface area contributed by atoms with Gasteiger partial charge in [-0.3, -0.25) is 4.79 Å². The fourth-order valence-electron chi connectivity index (χ4n) is 1.93. The van der Waals surface area contributed by atoms with E-state index in [1.165, 1.54) is 0 Å². The second-order valence-corrected chi connectivity index (χ2v) is 4.05. The van der Waals surface area contributed by atoms with Gasteiger partial charge in [-0.25, -0.2) is 0 Å². The molecule has 1 N–H and O–H groups in total. The van der Waals surface area contributed by atoms with Crippen LogP contribution in [0.5, 0.6) is 0 Å². The van der Waals surface area contributed by atoms with Crippen LogP contribution in [-0.2, 0) is 9.53 Å². The summed E-state index contributed by atoms with van der Waals surface area (Å²) in [6.45, 7) is 7.06. The number of carbonyl (C=O) groups excluding carboxylic acids is 1. The van der Waals surface area contributed by atoms with Crippen LogP contribution in [-0.4, -0.2) is 49.7 Å². The molecule has 1 amide bonds. The summed E-state index contributed by atoms with van der Waals surface area (Å²) < 4.78 is 5.63. The largest absolute Gasteiger partial charge is 0.363 e. The highest BCUT2D eigenvalue weighted by atomic mass is 16.5. The number of carbonyl (C=O) groups is 1. The molecule has 2 aliphatic heterocycles. The summed E-state index contributed by atoms with van der Waals surface area (Å²) in [6.07, 6.45) is 2.06. The van der Waals surface area contributed by atoms with Crippen molar-refractivity contribution in [2.45, 2.75) is 32.3 Å². The number of nitrogens with one attached hydrogen (secondary N) is 1. The first-order chi connectivity index (χ1) is 7.20. The van der Waals surface area contributed by atoms with Crippen molar-refractivity contribution in [2.24, 2.45) is 0 Å². The van der Waals surface area contributed by atoms with Crippen LogP contribution in [0.1, 0.15) is 26.7 Å². The van der Waals surface area contributed by atoms with Crippen LogP contribution in [0.25, 0.3) is 0 Å². The Morgan fingerprint density at radius 3 is 2.40 bits per heavy atom. The molecule has 88 valence electrons. The predicted molar refractivity (Wildman–Crippen MR) is 59.8 cm³/mol. The first-order valence-electron chi connectivity index (χ1n) is 5.79. The van der Waals surface area contributed by atoms with Gasteiger partial charge in [0.15, 0.2) is 0 Å². The van der Waals surface area contributed by atoms with E-state index < -0.39 is 0 Å². The number of ether oxygens (including phenoxy) is 1. The van der Waals surface area contributed by atoms with Gasteiger partial charge in [0.25, 0.3) is 0 Å². The van der Waals surface area contributed by atoms with E-state index in [9.17, 15) is 4.79 Å². The van der Waals surface area contributed by atoms with Crippen molar-refractivity contribution >= 4 is 5.91 Å². The molecule has 0 unspecified atom stereocenters. The third-order valence-electron chi connectivity index (χ3n) is 3.02. The van der Waals surface area contributed by atoms with Gasteiger partial charge in [-0.05, 0) is 19.9 Å². The van der Waals surface area contributed by atoms with Crippen molar-refractivity contribution in [1.29, 1.82) is 0 Å². The first-order valence-corrected chi connectivity index (χ1v) is 5.79. The van der Waals surface area contributed by atoms with Gasteiger partial charge in [0.1, 0.15) is 6.61 Å². The molecule has 1 spiro atoms. The van der Waals surface area contributed by atoms with Gasteiger partial charge in [0.2, 0.25) is 5.91 Å². The lowest BCUT2D eigenvalue weighted by atomic mass is 9.90. The number of amides is 1. The third-order valence-corrected chi connectivity index (χ3v) is 3.02. The second kappa shape index (κ2) is 5.47. The number of nitrogens with zero attached hydrogens (tertiary/aromatic N) is 1. The first kappa shape index (κ1) is 12.5. The fraction of sp³-hybridized carbons (Fsp3) is 0.909. The molecule has 0 aromatic carbocycles. The van der Waals surface area contributed by atoms with Crippen LogP contribution in [0.4, 0.5) is 0 Å². The summed E-state index contributed by atoms with van der Waals surface area (Å²) >= 11 is 0. The van der Waals surface area contributed by atoms with Crippen molar-refractivity contribution in [3.8, 4) is 0 Å². The molecule has 2 fully saturated rings. The zero-order valence-corrected chi connectivity index (χ0v) is 10.0. The lowest BCUT2D eigenvalue weighted by Crippen LogP contribution is -2.56. The summed E-state index contributed by atoms with van der Waals surface area (Å²) in [5, 5.41) is 2.87. The lowest BCUT2D eigenvalue weighted by Gasteiger charge is -2.42. The average Bonchev–Trinajstić information content (AvgIpc) is 2.30. The Labute approximate surface area is 92.0 Å². The molecule has 2 heterocycles. The van der Waals surface area contributed by atoms with Crippen molar-refractivity contribution in [3.05, 3.63) is 0 Å². The van der Waals surface area contributed by atoms with Crippen LogP contribution < -0.4 is 5.32 Å². The molecule has 15 heavy (non-hydrogen) atoms. The zero-order chi connectivity index (χ0) is 11.3. The summed E-state index contributed by atoms with van der Waals surface area (Å²) in [5.74, 6) is 0.0181. The number of morpholine rings is 1. The molecular weight excluding hydrogens is 192 g/mol. The Kier molecular flexibility index (Phi) is 4.54. The highest BCUT2D eigenvalue weighted by Crippen LogP contribution is 2.26. The minimum absolute atomic E-state index is 0.0181. The Bertz CT molecular complexity index is 199. The molecule has 0 aromatic heterocycles. The number of hydrogen-bond acceptors (Lipinski definition) is 3. The van der Waals surface area contributed by atoms with E-state index in [0.717, 1.165) is 25.9 Å². The average molecular weight is 214 g/mol. The molecule has 2 aliphatic rings. The van der Waals surface area contributed by atoms with Crippen LogP contribution in [0.3, 0.4) is 0 Å². The Hall–Kier alpha value is -0.610. The molecule has 0 aromatic rings. The summed E-state index contributed by atoms with van der Waals surface area (Å²) in [4.78, 5) is 13.2. The molecule has 4 heteroatoms. The smallest absolute Gasteiger partial charge is 0.246 e. The van der Waals surface area contributed by atoms with E-state index in [1.54, 1.807) is 0 Å². The fourth-order valence-corrected chi connectivity index (χ4v) is 1.93. The maximum Gasteiger partial charge on any atom is 0.246 e. The topological polar surface area (TPSA) is 41.6 Å². The minimum atomic E-state index is -0.0551. The predicted octanol–water partition coefficient (Wildman–Crippen LogP) is 0.623. The molecule has 0 saturated carbocycles. The van der Waals surface area contributed by atoms with E-state index in [2.05, 4.69) is 17.3 Å². The van der Waals surface area contributed by atoms with E-state index in [0.29, 0.717) is 6.54 Å². The van der Waals surface area contributed by atoms with Gasteiger partial charge in [0, 0.05) is 19.6 Å². The summed E-state index contributed by atoms with van der Waals surface area (Å²) in [7, 11) is 2.12. The number of piperidine rings is 1. The molecule has 0 radical (unpaired) electrons. The molecule has 2 saturated heterocycles. The lowest BCUT2D eigenvalue weighted by molar-refractivity contribution is -0.149. The molecule has 4 nitrogen and oxygen atoms in total. The highest BCUT2D eigenvalue weighted by Gasteiger charge is 2.37. The maximum absolute atomic E-state index is 10.9. The Balaban J connectivity index is 0.000000531. The summed E-state index contributed by atoms with van der Waals surface area (Å²) in [6, 6.07) is 0. The molecule has 0 bridgehead atoms. The van der Waals surface area contributed by atoms with Gasteiger partial charge in [0.05, 0.1) is 5.60 Å². The Morgan fingerprint density at radius 1 is 1.33 bits per heavy atom. The van der Waals surface area contributed by atoms with Gasteiger partial charge in [-0.2, -0.15) is 0 Å². The van der Waals surface area contributed by atoms with Gasteiger partial charge in [-0.1, -0.05) is 13.8 Å². The normalized spacial score (nSPS) is 25.4. The summed E-state index contributed by atoms with van der Waals surface area (Å²) in [5.41, 5.74) is -0.0551. The van der Waals surface area contributed by atoms with Crippen LogP contribution in [0.2, 0.25) is 0 Å². The van der Waals surface area contributed by atoms with E-state index in [1.807, 2.05) is 13.8 Å². The van der Waals surface area contributed by atoms with Crippen molar-refractivity contribution in [2.75, 3.05) is 33.3 Å². The minimum Gasteiger partial charge on any atom is -0.363 e. The third kappa shape index (κ3) is 3.18. The number of likely N-dealkylation sites (tertiary alicyclic amines) is 1. The second-order valence-electron chi connectivity index (χ2n) is 4.05. The van der Waals surface area contributed by atoms with Crippen molar-refractivity contribution in [3.63, 3.8) is 0 Å². The van der Waals surface area contributed by atoms with Crippen LogP contribution in [0.15, 0.2) is 0 Å². The number of rotatable bonds is 0. The van der Waals surface area contributed by atoms with Gasteiger partial charge >= 0.3 is 0 Å². The Morgan fingerprint density at radius 2 is 1.93 bits per heavy atom. The van der Waals surface area contributed by atoms with Gasteiger partial charge < -0.3 is 15.0 Å². The zero-order valence-electron chi connectivity index (χ0n) is 10.0. The molecule has 0 aliphatic carbocycles. The van der Waals surface area contributed by atoms with Crippen molar-refractivity contribution in [1.82, 2.24) is 10.2 Å². The van der Waals surface area contributed by atoms with Crippen LogP contribution in [0, 0.1) is 0 Å². The van der Waals surface area contributed by atoms with Crippen molar-refractivity contribution < 1.29 is 9.53 Å². The maximum atomic E-state index is 10.9. The standard InChI is InChI=1S/C9H16N2O2.C2H6/c1-11-4-2-9(3-5-11)7-10-8(12)6-13-9;1-2/h2-7H2,1H3,(H,10,12);1-2H3. The molecule has 0 atom stereocenters. The monoisotopic (exact) mass is 214 g/mol. The van der Waals surface area contributed by atoms with E-state index in [-0.39, 0.29) is 18.1 Å². The van der Waals surface area contributed by atoms with Gasteiger partial charge in [-0.15, -0.1) is 0 Å². The van der Waals surface area contributed by atoms with E-state index in [4.69, 9.17) is 4.74 Å². The SMILES string of the molecule is CC.CN1CCC2(CC1)CNC(=O)CO2. The molecular formula is C11H22N2O2. The van der Waals surface area contributed by atoms with E-state index >= 15 is 0 Å².